The molecule has 0 spiro atoms. The topological polar surface area (TPSA) is 108 Å². The summed E-state index contributed by atoms with van der Waals surface area (Å²) in [7, 11) is -3.91. The van der Waals surface area contributed by atoms with Crippen molar-refractivity contribution in [3.63, 3.8) is 0 Å². The average molecular weight is 699 g/mol. The van der Waals surface area contributed by atoms with E-state index in [-0.39, 0.29) is 30.5 Å². The summed E-state index contributed by atoms with van der Waals surface area (Å²) in [5, 5.41) is 7.47. The number of halogens is 3. The Kier molecular flexibility index (Phi) is 8.75. The standard InChI is InChI=1S/C34H34Cl2FN5O4S/c1-20-38-31(40-39-20)18-30-34(43)42(32(22-11-13-24(35)14-12-22)33(46-30)23-5-4-6-25(36)17-23)29(21-9-10-21)19-41(47(44,45)26-15-16-26)28-8-3-2-7-27(28)37/h2-8,11-14,17,21,26,29-30,32-33H,9-10,15-16,18-19H2,1H3,(H,38,39,40)/t29-,30+,32+,33-/m0/s1. The van der Waals surface area contributed by atoms with Crippen LogP contribution in [0.4, 0.5) is 10.1 Å². The number of carbonyl (C=O) groups is 1. The number of aryl methyl sites for hydroxylation is 1. The average Bonchev–Trinajstić information content (AvgIpc) is 3.98. The molecule has 1 aromatic heterocycles. The molecule has 47 heavy (non-hydrogen) atoms. The van der Waals surface area contributed by atoms with Crippen molar-refractivity contribution >= 4 is 44.8 Å². The monoisotopic (exact) mass is 697 g/mol. The summed E-state index contributed by atoms with van der Waals surface area (Å²) in [6.45, 7) is 1.65. The SMILES string of the molecule is Cc1n[nH]c(C[C@H]2O[C@@H](c3cccc(Cl)c3)[C@@H](c3ccc(Cl)cc3)N([C@@H](CN(c3ccccc3F)S(=O)(=O)C3CC3)C3CC3)C2=O)n1. The van der Waals surface area contributed by atoms with Crippen LogP contribution in [-0.2, 0) is 26.0 Å². The Morgan fingerprint density at radius 2 is 1.74 bits per heavy atom. The maximum absolute atomic E-state index is 15.4. The number of anilines is 1. The molecule has 13 heteroatoms. The molecule has 4 atom stereocenters. The van der Waals surface area contributed by atoms with Crippen LogP contribution in [-0.4, -0.2) is 58.3 Å². The zero-order valence-corrected chi connectivity index (χ0v) is 27.9. The third-order valence-electron chi connectivity index (χ3n) is 9.09. The molecule has 2 heterocycles. The number of ether oxygens (including phenoxy) is 1. The smallest absolute Gasteiger partial charge is 0.253 e. The van der Waals surface area contributed by atoms with Gasteiger partial charge in [0.1, 0.15) is 29.7 Å². The maximum atomic E-state index is 15.4. The van der Waals surface area contributed by atoms with Gasteiger partial charge in [0.05, 0.1) is 29.6 Å². The van der Waals surface area contributed by atoms with Crippen molar-refractivity contribution in [2.75, 3.05) is 10.8 Å². The fourth-order valence-electron chi connectivity index (χ4n) is 6.52. The van der Waals surface area contributed by atoms with Gasteiger partial charge in [-0.05, 0) is 86.1 Å². The first-order valence-electron chi connectivity index (χ1n) is 15.7. The van der Waals surface area contributed by atoms with Crippen LogP contribution < -0.4 is 4.31 Å². The number of para-hydroxylation sites is 1. The van der Waals surface area contributed by atoms with Crippen molar-refractivity contribution in [3.8, 4) is 0 Å². The van der Waals surface area contributed by atoms with Crippen LogP contribution in [0.15, 0.2) is 72.8 Å². The van der Waals surface area contributed by atoms with Gasteiger partial charge >= 0.3 is 0 Å². The molecule has 3 aromatic carbocycles. The van der Waals surface area contributed by atoms with Crippen LogP contribution >= 0.6 is 23.2 Å². The normalized spacial score (nSPS) is 22.3. The molecule has 3 aliphatic rings. The molecular formula is C34H34Cl2FN5O4S. The summed E-state index contributed by atoms with van der Waals surface area (Å²) in [6.07, 6.45) is 1.08. The summed E-state index contributed by atoms with van der Waals surface area (Å²) >= 11 is 12.8. The predicted molar refractivity (Wildman–Crippen MR) is 177 cm³/mol. The zero-order valence-electron chi connectivity index (χ0n) is 25.6. The minimum Gasteiger partial charge on any atom is -0.357 e. The fourth-order valence-corrected chi connectivity index (χ4v) is 8.71. The van der Waals surface area contributed by atoms with Crippen LogP contribution in [0.1, 0.15) is 60.6 Å². The molecule has 7 rings (SSSR count). The van der Waals surface area contributed by atoms with Crippen molar-refractivity contribution in [2.45, 2.75) is 68.6 Å². The number of amides is 1. The first-order chi connectivity index (χ1) is 22.6. The quantitative estimate of drug-likeness (QED) is 0.190. The predicted octanol–water partition coefficient (Wildman–Crippen LogP) is 6.59. The van der Waals surface area contributed by atoms with Gasteiger partial charge in [-0.3, -0.25) is 14.2 Å². The Labute approximate surface area is 283 Å². The van der Waals surface area contributed by atoms with E-state index in [1.165, 1.54) is 22.5 Å². The Morgan fingerprint density at radius 1 is 1.00 bits per heavy atom. The molecule has 4 aromatic rings. The van der Waals surface area contributed by atoms with Gasteiger partial charge in [0.25, 0.3) is 5.91 Å². The van der Waals surface area contributed by atoms with Crippen LogP contribution in [0.3, 0.4) is 0 Å². The second-order valence-corrected chi connectivity index (χ2v) is 15.5. The molecule has 1 N–H and O–H groups in total. The van der Waals surface area contributed by atoms with Crippen molar-refractivity contribution in [3.05, 3.63) is 111 Å². The maximum Gasteiger partial charge on any atom is 0.253 e. The van der Waals surface area contributed by atoms with Crippen molar-refractivity contribution < 1.29 is 22.3 Å². The lowest BCUT2D eigenvalue weighted by molar-refractivity contribution is -0.179. The number of benzene rings is 3. The summed E-state index contributed by atoms with van der Waals surface area (Å²) < 4.78 is 51.3. The second-order valence-electron chi connectivity index (χ2n) is 12.5. The number of hydrogen-bond acceptors (Lipinski definition) is 6. The fraction of sp³-hybridized carbons (Fsp3) is 0.382. The Balaban J connectivity index is 1.37. The third-order valence-corrected chi connectivity index (χ3v) is 11.8. The van der Waals surface area contributed by atoms with Crippen LogP contribution in [0, 0.1) is 18.7 Å². The number of nitrogens with zero attached hydrogens (tertiary/aromatic N) is 4. The van der Waals surface area contributed by atoms with E-state index in [1.807, 2.05) is 30.3 Å². The number of nitrogens with one attached hydrogen (secondary N) is 1. The van der Waals surface area contributed by atoms with Crippen molar-refractivity contribution in [1.29, 1.82) is 0 Å². The minimum absolute atomic E-state index is 0.0105. The molecule has 9 nitrogen and oxygen atoms in total. The highest BCUT2D eigenvalue weighted by molar-refractivity contribution is 7.93. The first-order valence-corrected chi connectivity index (χ1v) is 18.0. The molecule has 3 fully saturated rings. The van der Waals surface area contributed by atoms with E-state index in [2.05, 4.69) is 15.2 Å². The molecule has 2 aliphatic carbocycles. The molecular weight excluding hydrogens is 664 g/mol. The largest absolute Gasteiger partial charge is 0.357 e. The summed E-state index contributed by atoms with van der Waals surface area (Å²) in [4.78, 5) is 21.1. The Bertz CT molecular complexity index is 1880. The van der Waals surface area contributed by atoms with Crippen molar-refractivity contribution in [2.24, 2.45) is 5.92 Å². The van der Waals surface area contributed by atoms with Gasteiger partial charge in [-0.2, -0.15) is 5.10 Å². The second kappa shape index (κ2) is 12.8. The molecule has 246 valence electrons. The Morgan fingerprint density at radius 3 is 2.38 bits per heavy atom. The molecule has 2 saturated carbocycles. The number of morpholine rings is 1. The first kappa shape index (κ1) is 32.1. The van der Waals surface area contributed by atoms with E-state index in [0.29, 0.717) is 34.5 Å². The lowest BCUT2D eigenvalue weighted by Gasteiger charge is -2.49. The highest BCUT2D eigenvalue weighted by Gasteiger charge is 2.52. The minimum atomic E-state index is -3.91. The van der Waals surface area contributed by atoms with Crippen LogP contribution in [0.2, 0.25) is 10.0 Å². The molecule has 1 amide bonds. The van der Waals surface area contributed by atoms with Gasteiger partial charge in [-0.25, -0.2) is 17.8 Å². The number of H-pyrrole nitrogens is 1. The van der Waals surface area contributed by atoms with Gasteiger partial charge in [0, 0.05) is 16.5 Å². The van der Waals surface area contributed by atoms with Crippen molar-refractivity contribution in [1.82, 2.24) is 20.1 Å². The van der Waals surface area contributed by atoms with Crippen LogP contribution in [0.25, 0.3) is 0 Å². The number of aromatic nitrogens is 3. The van der Waals surface area contributed by atoms with Gasteiger partial charge < -0.3 is 9.64 Å². The van der Waals surface area contributed by atoms with E-state index in [1.54, 1.807) is 36.1 Å². The summed E-state index contributed by atoms with van der Waals surface area (Å²) in [5.74, 6) is 0.0643. The number of aromatic amines is 1. The molecule has 1 saturated heterocycles. The summed E-state index contributed by atoms with van der Waals surface area (Å²) in [5.41, 5.74) is 1.49. The van der Waals surface area contributed by atoms with E-state index < -0.39 is 45.4 Å². The molecule has 0 bridgehead atoms. The number of sulfonamides is 1. The molecule has 0 radical (unpaired) electrons. The zero-order chi connectivity index (χ0) is 32.9. The lowest BCUT2D eigenvalue weighted by atomic mass is 9.89. The lowest BCUT2D eigenvalue weighted by Crippen LogP contribution is -2.59. The highest BCUT2D eigenvalue weighted by atomic mass is 35.5. The molecule has 1 aliphatic heterocycles. The van der Waals surface area contributed by atoms with Gasteiger partial charge in [0.2, 0.25) is 10.0 Å². The molecule has 0 unspecified atom stereocenters. The van der Waals surface area contributed by atoms with E-state index >= 15 is 4.39 Å². The van der Waals surface area contributed by atoms with E-state index in [0.717, 1.165) is 24.0 Å². The third kappa shape index (κ3) is 6.63. The van der Waals surface area contributed by atoms with E-state index in [9.17, 15) is 13.2 Å². The van der Waals surface area contributed by atoms with Gasteiger partial charge in [-0.1, -0.05) is 59.6 Å². The number of rotatable bonds is 11. The van der Waals surface area contributed by atoms with Crippen LogP contribution in [0.5, 0.6) is 0 Å². The Hall–Kier alpha value is -3.51. The van der Waals surface area contributed by atoms with Gasteiger partial charge in [-0.15, -0.1) is 0 Å². The highest BCUT2D eigenvalue weighted by Crippen LogP contribution is 2.49. The number of carbonyl (C=O) groups excluding carboxylic acids is 1. The van der Waals surface area contributed by atoms with E-state index in [4.69, 9.17) is 27.9 Å². The van der Waals surface area contributed by atoms with Gasteiger partial charge in [0.15, 0.2) is 0 Å². The number of hydrogen-bond donors (Lipinski definition) is 1. The summed E-state index contributed by atoms with van der Waals surface area (Å²) in [6, 6.07) is 19.2.